The number of halogens is 1. The number of aromatic nitrogens is 2. The summed E-state index contributed by atoms with van der Waals surface area (Å²) in [5.74, 6) is 0.774. The zero-order valence-corrected chi connectivity index (χ0v) is 12.8. The Morgan fingerprint density at radius 2 is 1.74 bits per heavy atom. The number of aryl methyl sites for hydroxylation is 1. The standard InChI is InChI=1S/C16H19ClN2/c1-10-7-6-8-12(11(10)2)13-9-14(17)19-15(18-13)16(3,4)5/h6-9H,1-5H3. The lowest BCUT2D eigenvalue weighted by Crippen LogP contribution is -2.16. The molecule has 0 aliphatic rings. The molecule has 19 heavy (non-hydrogen) atoms. The summed E-state index contributed by atoms with van der Waals surface area (Å²) in [6.45, 7) is 10.5. The molecule has 100 valence electrons. The van der Waals surface area contributed by atoms with E-state index in [1.165, 1.54) is 11.1 Å². The number of hydrogen-bond donors (Lipinski definition) is 0. The van der Waals surface area contributed by atoms with Crippen molar-refractivity contribution in [3.63, 3.8) is 0 Å². The zero-order valence-electron chi connectivity index (χ0n) is 12.1. The van der Waals surface area contributed by atoms with E-state index in [-0.39, 0.29) is 5.41 Å². The van der Waals surface area contributed by atoms with Gasteiger partial charge in [0.25, 0.3) is 0 Å². The molecule has 0 aliphatic heterocycles. The molecule has 0 unspecified atom stereocenters. The Morgan fingerprint density at radius 3 is 2.37 bits per heavy atom. The Labute approximate surface area is 119 Å². The van der Waals surface area contributed by atoms with Crippen LogP contribution in [0.2, 0.25) is 5.15 Å². The summed E-state index contributed by atoms with van der Waals surface area (Å²) in [5, 5.41) is 0.496. The molecule has 0 spiro atoms. The van der Waals surface area contributed by atoms with Crippen LogP contribution in [-0.4, -0.2) is 9.97 Å². The van der Waals surface area contributed by atoms with Crippen molar-refractivity contribution in [3.05, 3.63) is 46.4 Å². The van der Waals surface area contributed by atoms with Gasteiger partial charge in [0.1, 0.15) is 11.0 Å². The maximum atomic E-state index is 6.15. The minimum atomic E-state index is -0.114. The first-order valence-electron chi connectivity index (χ1n) is 6.40. The van der Waals surface area contributed by atoms with Crippen molar-refractivity contribution < 1.29 is 0 Å². The predicted molar refractivity (Wildman–Crippen MR) is 80.7 cm³/mol. The summed E-state index contributed by atoms with van der Waals surface area (Å²) < 4.78 is 0. The lowest BCUT2D eigenvalue weighted by molar-refractivity contribution is 0.546. The Balaban J connectivity index is 2.63. The SMILES string of the molecule is Cc1cccc(-c2cc(Cl)nc(C(C)(C)C)n2)c1C. The average molecular weight is 275 g/mol. The van der Waals surface area contributed by atoms with Crippen LogP contribution >= 0.6 is 11.6 Å². The van der Waals surface area contributed by atoms with Crippen LogP contribution in [0.3, 0.4) is 0 Å². The molecule has 0 fully saturated rings. The second kappa shape index (κ2) is 4.93. The van der Waals surface area contributed by atoms with Crippen LogP contribution in [-0.2, 0) is 5.41 Å². The Kier molecular flexibility index (Phi) is 3.64. The van der Waals surface area contributed by atoms with Gasteiger partial charge in [-0.2, -0.15) is 0 Å². The summed E-state index contributed by atoms with van der Waals surface area (Å²) in [6.07, 6.45) is 0. The molecule has 1 aromatic heterocycles. The minimum absolute atomic E-state index is 0.114. The normalized spacial score (nSPS) is 11.7. The van der Waals surface area contributed by atoms with E-state index in [1.54, 1.807) is 0 Å². The van der Waals surface area contributed by atoms with E-state index < -0.39 is 0 Å². The van der Waals surface area contributed by atoms with Crippen molar-refractivity contribution in [1.29, 1.82) is 0 Å². The van der Waals surface area contributed by atoms with Gasteiger partial charge in [0.2, 0.25) is 0 Å². The summed E-state index contributed by atoms with van der Waals surface area (Å²) in [7, 11) is 0. The highest BCUT2D eigenvalue weighted by Gasteiger charge is 2.19. The summed E-state index contributed by atoms with van der Waals surface area (Å²) in [4.78, 5) is 9.02. The van der Waals surface area contributed by atoms with Crippen LogP contribution in [0.25, 0.3) is 11.3 Å². The summed E-state index contributed by atoms with van der Waals surface area (Å²) >= 11 is 6.15. The van der Waals surface area contributed by atoms with Gasteiger partial charge in [-0.05, 0) is 25.0 Å². The van der Waals surface area contributed by atoms with Crippen molar-refractivity contribution in [2.45, 2.75) is 40.0 Å². The van der Waals surface area contributed by atoms with Gasteiger partial charge >= 0.3 is 0 Å². The number of rotatable bonds is 1. The molecule has 0 saturated heterocycles. The molecule has 1 heterocycles. The second-order valence-electron chi connectivity index (χ2n) is 5.90. The first-order valence-corrected chi connectivity index (χ1v) is 6.78. The molecular formula is C16H19ClN2. The van der Waals surface area contributed by atoms with Crippen LogP contribution in [0.15, 0.2) is 24.3 Å². The molecule has 0 saturated carbocycles. The van der Waals surface area contributed by atoms with Crippen molar-refractivity contribution in [3.8, 4) is 11.3 Å². The largest absolute Gasteiger partial charge is 0.232 e. The molecule has 0 N–H and O–H groups in total. The topological polar surface area (TPSA) is 25.8 Å². The van der Waals surface area contributed by atoms with E-state index in [0.29, 0.717) is 5.15 Å². The van der Waals surface area contributed by atoms with Crippen molar-refractivity contribution in [1.82, 2.24) is 9.97 Å². The molecule has 0 atom stereocenters. The quantitative estimate of drug-likeness (QED) is 0.704. The van der Waals surface area contributed by atoms with E-state index in [9.17, 15) is 0 Å². The van der Waals surface area contributed by atoms with Crippen LogP contribution in [0.4, 0.5) is 0 Å². The molecule has 0 bridgehead atoms. The van der Waals surface area contributed by atoms with Crippen molar-refractivity contribution in [2.75, 3.05) is 0 Å². The van der Waals surface area contributed by atoms with E-state index >= 15 is 0 Å². The Bertz CT molecular complexity index is 613. The molecule has 2 aromatic rings. The average Bonchev–Trinajstić information content (AvgIpc) is 2.31. The molecular weight excluding hydrogens is 256 g/mol. The van der Waals surface area contributed by atoms with Crippen molar-refractivity contribution >= 4 is 11.6 Å². The monoisotopic (exact) mass is 274 g/mol. The maximum absolute atomic E-state index is 6.15. The molecule has 3 heteroatoms. The van der Waals surface area contributed by atoms with Gasteiger partial charge in [0.15, 0.2) is 0 Å². The van der Waals surface area contributed by atoms with Crippen LogP contribution < -0.4 is 0 Å². The lowest BCUT2D eigenvalue weighted by atomic mass is 9.95. The third-order valence-corrected chi connectivity index (χ3v) is 3.44. The number of benzene rings is 1. The lowest BCUT2D eigenvalue weighted by Gasteiger charge is -2.18. The molecule has 2 rings (SSSR count). The van der Waals surface area contributed by atoms with Gasteiger partial charge in [-0.25, -0.2) is 9.97 Å². The number of nitrogens with zero attached hydrogens (tertiary/aromatic N) is 2. The predicted octanol–water partition coefficient (Wildman–Crippen LogP) is 4.71. The van der Waals surface area contributed by atoms with Gasteiger partial charge in [-0.3, -0.25) is 0 Å². The third-order valence-electron chi connectivity index (χ3n) is 3.25. The highest BCUT2D eigenvalue weighted by atomic mass is 35.5. The fraction of sp³-hybridized carbons (Fsp3) is 0.375. The van der Waals surface area contributed by atoms with Crippen LogP contribution in [0.1, 0.15) is 37.7 Å². The van der Waals surface area contributed by atoms with Gasteiger partial charge in [0, 0.05) is 17.0 Å². The van der Waals surface area contributed by atoms with Crippen LogP contribution in [0, 0.1) is 13.8 Å². The highest BCUT2D eigenvalue weighted by Crippen LogP contribution is 2.28. The highest BCUT2D eigenvalue weighted by molar-refractivity contribution is 6.29. The van der Waals surface area contributed by atoms with Gasteiger partial charge in [-0.15, -0.1) is 0 Å². The van der Waals surface area contributed by atoms with Crippen LogP contribution in [0.5, 0.6) is 0 Å². The van der Waals surface area contributed by atoms with E-state index in [2.05, 4.69) is 56.7 Å². The van der Waals surface area contributed by atoms with E-state index in [1.807, 2.05) is 12.1 Å². The van der Waals surface area contributed by atoms with Gasteiger partial charge in [-0.1, -0.05) is 50.6 Å². The molecule has 0 aliphatic carbocycles. The third kappa shape index (κ3) is 2.95. The second-order valence-corrected chi connectivity index (χ2v) is 6.28. The van der Waals surface area contributed by atoms with Crippen molar-refractivity contribution in [2.24, 2.45) is 0 Å². The molecule has 1 aromatic carbocycles. The molecule has 2 nitrogen and oxygen atoms in total. The summed E-state index contributed by atoms with van der Waals surface area (Å²) in [6, 6.07) is 8.06. The molecule has 0 radical (unpaired) electrons. The number of hydrogen-bond acceptors (Lipinski definition) is 2. The first kappa shape index (κ1) is 14.0. The van der Waals surface area contributed by atoms with E-state index in [4.69, 9.17) is 11.6 Å². The van der Waals surface area contributed by atoms with Gasteiger partial charge < -0.3 is 0 Å². The molecule has 0 amide bonds. The Morgan fingerprint density at radius 1 is 1.05 bits per heavy atom. The van der Waals surface area contributed by atoms with E-state index in [0.717, 1.165) is 17.1 Å². The minimum Gasteiger partial charge on any atom is -0.232 e. The first-order chi connectivity index (χ1) is 8.79. The summed E-state index contributed by atoms with van der Waals surface area (Å²) in [5.41, 5.74) is 4.39. The fourth-order valence-electron chi connectivity index (χ4n) is 1.92. The fourth-order valence-corrected chi connectivity index (χ4v) is 2.10. The Hall–Kier alpha value is -1.41. The zero-order chi connectivity index (χ0) is 14.2. The smallest absolute Gasteiger partial charge is 0.136 e. The van der Waals surface area contributed by atoms with Gasteiger partial charge in [0.05, 0.1) is 5.69 Å². The maximum Gasteiger partial charge on any atom is 0.136 e.